The van der Waals surface area contributed by atoms with Gasteiger partial charge in [-0.05, 0) is 12.1 Å². The Morgan fingerprint density at radius 3 is 1.79 bits per heavy atom. The minimum atomic E-state index is -5.91. The average molecular weight is 388 g/mol. The Balaban J connectivity index is 3.13. The van der Waals surface area contributed by atoms with E-state index in [2.05, 4.69) is 22.1 Å². The summed E-state index contributed by atoms with van der Waals surface area (Å²) in [6.07, 6.45) is -16.6. The number of rotatable bonds is 4. The van der Waals surface area contributed by atoms with Crippen LogP contribution in [0.2, 0.25) is 0 Å². The molecule has 12 heteroatoms. The van der Waals surface area contributed by atoms with E-state index in [-0.39, 0.29) is 0 Å². The molecule has 0 radical (unpaired) electrons. The van der Waals surface area contributed by atoms with Gasteiger partial charge in [0.2, 0.25) is 0 Å². The molecular formula is C12H9F9O2S. The molecule has 0 aliphatic rings. The average Bonchev–Trinajstić information content (AvgIpc) is 2.40. The van der Waals surface area contributed by atoms with Gasteiger partial charge in [-0.2, -0.15) is 39.5 Å². The summed E-state index contributed by atoms with van der Waals surface area (Å²) in [5.41, 5.74) is -1.63. The molecule has 0 spiro atoms. The second-order valence-electron chi connectivity index (χ2n) is 4.45. The lowest BCUT2D eigenvalue weighted by atomic mass is 10.1. The van der Waals surface area contributed by atoms with Gasteiger partial charge in [0.05, 0.1) is 19.3 Å². The van der Waals surface area contributed by atoms with Gasteiger partial charge < -0.3 is 9.47 Å². The molecule has 0 bridgehead atoms. The van der Waals surface area contributed by atoms with Crippen LogP contribution in [0.5, 0.6) is 5.75 Å². The highest BCUT2D eigenvalue weighted by molar-refractivity contribution is 7.81. The topological polar surface area (TPSA) is 18.5 Å². The minimum Gasteiger partial charge on any atom is -0.496 e. The Kier molecular flexibility index (Phi) is 5.65. The van der Waals surface area contributed by atoms with Crippen molar-refractivity contribution in [3.05, 3.63) is 29.3 Å². The standard InChI is InChI=1S/C12H9F9O2S/c1-22-8-4-7(9(13,14)15)3-2-6(8)5-23-10(24,11(16,17)18)12(19,20)21/h2-4,24H,5H2,1H3. The van der Waals surface area contributed by atoms with E-state index in [1.54, 1.807) is 0 Å². The zero-order valence-electron chi connectivity index (χ0n) is 11.6. The zero-order chi connectivity index (χ0) is 19.0. The number of alkyl halides is 9. The number of hydrogen-bond donors (Lipinski definition) is 1. The van der Waals surface area contributed by atoms with Crippen molar-refractivity contribution in [2.24, 2.45) is 0 Å². The van der Waals surface area contributed by atoms with E-state index in [1.807, 2.05) is 0 Å². The summed E-state index contributed by atoms with van der Waals surface area (Å²) in [6, 6.07) is 1.56. The lowest BCUT2D eigenvalue weighted by Crippen LogP contribution is -2.54. The number of halogens is 9. The molecule has 1 aromatic rings. The Morgan fingerprint density at radius 1 is 0.917 bits per heavy atom. The van der Waals surface area contributed by atoms with Crippen molar-refractivity contribution in [2.45, 2.75) is 30.1 Å². The largest absolute Gasteiger partial charge is 0.496 e. The van der Waals surface area contributed by atoms with Crippen LogP contribution in [0.15, 0.2) is 18.2 Å². The molecular weight excluding hydrogens is 379 g/mol. The Morgan fingerprint density at radius 2 is 1.42 bits per heavy atom. The molecule has 1 rings (SSSR count). The Bertz CT molecular complexity index is 563. The fourth-order valence-electron chi connectivity index (χ4n) is 1.55. The summed E-state index contributed by atoms with van der Waals surface area (Å²) in [5, 5.41) is 0. The molecule has 0 unspecified atom stereocenters. The van der Waals surface area contributed by atoms with Gasteiger partial charge >= 0.3 is 23.5 Å². The van der Waals surface area contributed by atoms with E-state index in [0.29, 0.717) is 18.2 Å². The van der Waals surface area contributed by atoms with Crippen molar-refractivity contribution in [1.29, 1.82) is 0 Å². The molecule has 0 amide bonds. The van der Waals surface area contributed by atoms with E-state index in [4.69, 9.17) is 0 Å². The third kappa shape index (κ3) is 4.21. The highest BCUT2D eigenvalue weighted by atomic mass is 32.1. The maximum absolute atomic E-state index is 12.6. The highest BCUT2D eigenvalue weighted by Gasteiger charge is 2.70. The number of benzene rings is 1. The second kappa shape index (κ2) is 6.54. The fourth-order valence-corrected chi connectivity index (χ4v) is 1.61. The SMILES string of the molecule is COc1cc(C(F)(F)F)ccc1COC(S)(C(F)(F)F)C(F)(F)F. The summed E-state index contributed by atoms with van der Waals surface area (Å²) in [4.78, 5) is -4.78. The van der Waals surface area contributed by atoms with Gasteiger partial charge in [-0.3, -0.25) is 0 Å². The van der Waals surface area contributed by atoms with Crippen LogP contribution in [-0.4, -0.2) is 24.4 Å². The van der Waals surface area contributed by atoms with Crippen molar-refractivity contribution < 1.29 is 49.0 Å². The van der Waals surface area contributed by atoms with Crippen LogP contribution >= 0.6 is 12.6 Å². The van der Waals surface area contributed by atoms with E-state index in [1.165, 1.54) is 0 Å². The van der Waals surface area contributed by atoms with Crippen molar-refractivity contribution in [2.75, 3.05) is 7.11 Å². The molecule has 0 saturated heterocycles. The predicted molar refractivity (Wildman–Crippen MR) is 66.6 cm³/mol. The summed E-state index contributed by atoms with van der Waals surface area (Å²) < 4.78 is 122. The number of thiol groups is 1. The molecule has 0 aromatic heterocycles. The number of methoxy groups -OCH3 is 1. The molecule has 138 valence electrons. The van der Waals surface area contributed by atoms with Crippen LogP contribution in [0.25, 0.3) is 0 Å². The zero-order valence-corrected chi connectivity index (χ0v) is 12.5. The van der Waals surface area contributed by atoms with Crippen LogP contribution in [0, 0.1) is 0 Å². The van der Waals surface area contributed by atoms with Crippen molar-refractivity contribution in [3.63, 3.8) is 0 Å². The number of ether oxygens (including phenoxy) is 2. The van der Waals surface area contributed by atoms with Crippen molar-refractivity contribution >= 4 is 12.6 Å². The summed E-state index contributed by atoms with van der Waals surface area (Å²) in [6.45, 7) is -1.33. The molecule has 0 atom stereocenters. The van der Waals surface area contributed by atoms with E-state index in [9.17, 15) is 39.5 Å². The van der Waals surface area contributed by atoms with Gasteiger partial charge in [0, 0.05) is 5.56 Å². The first-order chi connectivity index (χ1) is 10.6. The van der Waals surface area contributed by atoms with E-state index < -0.39 is 46.9 Å². The van der Waals surface area contributed by atoms with E-state index in [0.717, 1.165) is 7.11 Å². The maximum Gasteiger partial charge on any atom is 0.436 e. The molecule has 0 aliphatic carbocycles. The van der Waals surface area contributed by atoms with Gasteiger partial charge in [-0.15, -0.1) is 12.6 Å². The van der Waals surface area contributed by atoms with Crippen LogP contribution < -0.4 is 4.74 Å². The second-order valence-corrected chi connectivity index (χ2v) is 5.08. The third-order valence-corrected chi connectivity index (χ3v) is 3.46. The summed E-state index contributed by atoms with van der Waals surface area (Å²) >= 11 is 2.55. The smallest absolute Gasteiger partial charge is 0.436 e. The monoisotopic (exact) mass is 388 g/mol. The lowest BCUT2D eigenvalue weighted by molar-refractivity contribution is -0.342. The first-order valence-electron chi connectivity index (χ1n) is 5.87. The van der Waals surface area contributed by atoms with Gasteiger partial charge in [0.1, 0.15) is 5.75 Å². The van der Waals surface area contributed by atoms with Gasteiger partial charge in [0.25, 0.3) is 0 Å². The minimum absolute atomic E-state index is 0.431. The molecule has 0 saturated carbocycles. The van der Waals surface area contributed by atoms with Crippen LogP contribution in [0.1, 0.15) is 11.1 Å². The van der Waals surface area contributed by atoms with Crippen LogP contribution in [-0.2, 0) is 17.5 Å². The van der Waals surface area contributed by atoms with Gasteiger partial charge in [0.15, 0.2) is 0 Å². The quantitative estimate of drug-likeness (QED) is 0.446. The summed E-state index contributed by atoms with van der Waals surface area (Å²) in [7, 11) is 0.903. The molecule has 0 fully saturated rings. The fraction of sp³-hybridized carbons (Fsp3) is 0.500. The first kappa shape index (κ1) is 20.7. The van der Waals surface area contributed by atoms with Crippen molar-refractivity contribution in [3.8, 4) is 5.75 Å². The Hall–Kier alpha value is -1.30. The third-order valence-electron chi connectivity index (χ3n) is 2.82. The molecule has 2 nitrogen and oxygen atoms in total. The molecule has 24 heavy (non-hydrogen) atoms. The lowest BCUT2D eigenvalue weighted by Gasteiger charge is -2.32. The van der Waals surface area contributed by atoms with Crippen molar-refractivity contribution in [1.82, 2.24) is 0 Å². The molecule has 0 aliphatic heterocycles. The highest BCUT2D eigenvalue weighted by Crippen LogP contribution is 2.49. The predicted octanol–water partition coefficient (Wildman–Crippen LogP) is 4.98. The molecule has 0 heterocycles. The van der Waals surface area contributed by atoms with Crippen LogP contribution in [0.4, 0.5) is 39.5 Å². The normalized spacial score (nSPS) is 14.0. The molecule has 1 aromatic carbocycles. The van der Waals surface area contributed by atoms with Gasteiger partial charge in [-0.1, -0.05) is 6.07 Å². The van der Waals surface area contributed by atoms with E-state index >= 15 is 0 Å². The van der Waals surface area contributed by atoms with Crippen LogP contribution in [0.3, 0.4) is 0 Å². The maximum atomic E-state index is 12.6. The summed E-state index contributed by atoms with van der Waals surface area (Å²) in [5.74, 6) is -0.579. The van der Waals surface area contributed by atoms with Gasteiger partial charge in [-0.25, -0.2) is 0 Å². The Labute approximate surface area is 134 Å². The number of hydrogen-bond acceptors (Lipinski definition) is 3. The molecule has 0 N–H and O–H groups in total. The first-order valence-corrected chi connectivity index (χ1v) is 6.32.